The van der Waals surface area contributed by atoms with Crippen LogP contribution in [-0.4, -0.2) is 23.3 Å². The molecule has 23 heavy (non-hydrogen) atoms. The van der Waals surface area contributed by atoms with Gasteiger partial charge in [0, 0.05) is 12.0 Å². The molecule has 0 radical (unpaired) electrons. The van der Waals surface area contributed by atoms with E-state index in [-0.39, 0.29) is 17.5 Å². The van der Waals surface area contributed by atoms with Gasteiger partial charge in [-0.05, 0) is 55.9 Å². The molecule has 0 unspecified atom stereocenters. The summed E-state index contributed by atoms with van der Waals surface area (Å²) in [5.41, 5.74) is 4.32. The minimum atomic E-state index is -0.486. The molecule has 3 nitrogen and oxygen atoms in total. The SMILES string of the molecule is C=C1CC[C@@H]2CCC3=C([C@@H](C/C(C)=C\[C@@H](O)C1)OC3=O)C2(C)C. The molecule has 126 valence electrons. The Hall–Kier alpha value is -1.35. The first-order chi connectivity index (χ1) is 10.8. The predicted octanol–water partition coefficient (Wildman–Crippen LogP) is 4.08. The summed E-state index contributed by atoms with van der Waals surface area (Å²) >= 11 is 0. The van der Waals surface area contributed by atoms with Gasteiger partial charge in [0.2, 0.25) is 0 Å². The fraction of sp³-hybridized carbons (Fsp3) is 0.650. The van der Waals surface area contributed by atoms with E-state index in [2.05, 4.69) is 20.4 Å². The summed E-state index contributed by atoms with van der Waals surface area (Å²) < 4.78 is 5.71. The van der Waals surface area contributed by atoms with Crippen molar-refractivity contribution in [3.63, 3.8) is 0 Å². The Kier molecular flexibility index (Phi) is 4.26. The Morgan fingerprint density at radius 1 is 1.26 bits per heavy atom. The standard InChI is InChI=1S/C20H28O3/c1-12-5-6-14-7-8-16-18(20(14,3)4)17(23-19(16)22)11-13(2)10-15(21)9-12/h10,14-15,17,21H,1,5-9,11H2,2-4H3/b13-10-/t14-,15+,17-/m1/s1. The molecule has 0 amide bonds. The van der Waals surface area contributed by atoms with E-state index in [1.165, 1.54) is 5.57 Å². The molecule has 0 aromatic rings. The van der Waals surface area contributed by atoms with Crippen LogP contribution in [-0.2, 0) is 9.53 Å². The lowest BCUT2D eigenvalue weighted by Gasteiger charge is -2.41. The number of carbonyl (C=O) groups excluding carboxylic acids is 1. The number of rotatable bonds is 0. The highest BCUT2D eigenvalue weighted by atomic mass is 16.5. The molecule has 0 fully saturated rings. The molecule has 3 heteroatoms. The zero-order valence-electron chi connectivity index (χ0n) is 14.5. The third kappa shape index (κ3) is 3.03. The maximum Gasteiger partial charge on any atom is 0.334 e. The number of carbonyl (C=O) groups is 1. The molecule has 0 aromatic carbocycles. The normalized spacial score (nSPS) is 36.7. The van der Waals surface area contributed by atoms with E-state index < -0.39 is 6.10 Å². The number of hydrogen-bond acceptors (Lipinski definition) is 3. The van der Waals surface area contributed by atoms with Gasteiger partial charge < -0.3 is 9.84 Å². The highest BCUT2D eigenvalue weighted by Gasteiger charge is 2.48. The van der Waals surface area contributed by atoms with Crippen molar-refractivity contribution in [2.45, 2.75) is 71.5 Å². The van der Waals surface area contributed by atoms with Gasteiger partial charge in [0.25, 0.3) is 0 Å². The van der Waals surface area contributed by atoms with Crippen LogP contribution in [0.4, 0.5) is 0 Å². The second kappa shape index (κ2) is 5.94. The highest BCUT2D eigenvalue weighted by Crippen LogP contribution is 2.52. The molecule has 3 rings (SSSR count). The van der Waals surface area contributed by atoms with E-state index in [0.717, 1.165) is 42.4 Å². The van der Waals surface area contributed by atoms with Gasteiger partial charge in [0.15, 0.2) is 0 Å². The number of esters is 1. The van der Waals surface area contributed by atoms with Gasteiger partial charge in [0.1, 0.15) is 6.10 Å². The average Bonchev–Trinajstić information content (AvgIpc) is 2.73. The minimum Gasteiger partial charge on any atom is -0.454 e. The molecule has 2 bridgehead atoms. The summed E-state index contributed by atoms with van der Waals surface area (Å²) in [4.78, 5) is 12.3. The van der Waals surface area contributed by atoms with Crippen LogP contribution in [0.2, 0.25) is 0 Å². The van der Waals surface area contributed by atoms with E-state index in [4.69, 9.17) is 4.74 Å². The molecule has 0 saturated heterocycles. The van der Waals surface area contributed by atoms with Crippen molar-refractivity contribution in [3.05, 3.63) is 34.9 Å². The highest BCUT2D eigenvalue weighted by molar-refractivity contribution is 5.93. The van der Waals surface area contributed by atoms with Crippen LogP contribution in [0.3, 0.4) is 0 Å². The lowest BCUT2D eigenvalue weighted by Crippen LogP contribution is -2.34. The fourth-order valence-electron chi connectivity index (χ4n) is 4.68. The molecular formula is C20H28O3. The van der Waals surface area contributed by atoms with Crippen molar-refractivity contribution in [2.75, 3.05) is 0 Å². The van der Waals surface area contributed by atoms with Crippen molar-refractivity contribution in [3.8, 4) is 0 Å². The molecule has 0 aromatic heterocycles. The number of aliphatic hydroxyl groups excluding tert-OH is 1. The Morgan fingerprint density at radius 2 is 1.96 bits per heavy atom. The maximum atomic E-state index is 12.3. The zero-order chi connectivity index (χ0) is 16.8. The minimum absolute atomic E-state index is 0.0111. The Bertz CT molecular complexity index is 594. The molecule has 2 aliphatic carbocycles. The summed E-state index contributed by atoms with van der Waals surface area (Å²) in [6.07, 6.45) is 6.47. The van der Waals surface area contributed by atoms with E-state index in [1.54, 1.807) is 0 Å². The summed E-state index contributed by atoms with van der Waals surface area (Å²) in [7, 11) is 0. The van der Waals surface area contributed by atoms with Gasteiger partial charge in [-0.1, -0.05) is 37.6 Å². The van der Waals surface area contributed by atoms with Gasteiger partial charge in [-0.15, -0.1) is 0 Å². The first-order valence-electron chi connectivity index (χ1n) is 8.75. The number of ether oxygens (including phenoxy) is 1. The van der Waals surface area contributed by atoms with Crippen LogP contribution in [0.15, 0.2) is 34.9 Å². The summed E-state index contributed by atoms with van der Waals surface area (Å²) in [5.74, 6) is 0.417. The van der Waals surface area contributed by atoms with Crippen LogP contribution in [0.5, 0.6) is 0 Å². The first kappa shape index (κ1) is 16.5. The van der Waals surface area contributed by atoms with Crippen molar-refractivity contribution in [1.82, 2.24) is 0 Å². The largest absolute Gasteiger partial charge is 0.454 e. The van der Waals surface area contributed by atoms with Crippen molar-refractivity contribution >= 4 is 5.97 Å². The lowest BCUT2D eigenvalue weighted by atomic mass is 9.62. The molecule has 3 atom stereocenters. The Morgan fingerprint density at radius 3 is 2.70 bits per heavy atom. The van der Waals surface area contributed by atoms with Crippen LogP contribution in [0.25, 0.3) is 0 Å². The van der Waals surface area contributed by atoms with E-state index in [9.17, 15) is 9.90 Å². The molecule has 0 spiro atoms. The van der Waals surface area contributed by atoms with Gasteiger partial charge in [0.05, 0.1) is 6.10 Å². The molecular weight excluding hydrogens is 288 g/mol. The predicted molar refractivity (Wildman–Crippen MR) is 90.8 cm³/mol. The Balaban J connectivity index is 2.01. The number of aliphatic hydroxyl groups is 1. The lowest BCUT2D eigenvalue weighted by molar-refractivity contribution is -0.139. The van der Waals surface area contributed by atoms with Gasteiger partial charge >= 0.3 is 5.97 Å². The summed E-state index contributed by atoms with van der Waals surface area (Å²) in [5, 5.41) is 10.2. The topological polar surface area (TPSA) is 46.5 Å². The van der Waals surface area contributed by atoms with E-state index >= 15 is 0 Å². The van der Waals surface area contributed by atoms with Gasteiger partial charge in [-0.3, -0.25) is 0 Å². The molecule has 3 aliphatic rings. The Labute approximate surface area is 139 Å². The average molecular weight is 316 g/mol. The van der Waals surface area contributed by atoms with Crippen molar-refractivity contribution in [2.24, 2.45) is 11.3 Å². The second-order valence-corrected chi connectivity index (χ2v) is 8.02. The molecule has 1 aliphatic heterocycles. The molecule has 1 N–H and O–H groups in total. The fourth-order valence-corrected chi connectivity index (χ4v) is 4.68. The van der Waals surface area contributed by atoms with E-state index in [1.807, 2.05) is 13.0 Å². The summed E-state index contributed by atoms with van der Waals surface area (Å²) in [6, 6.07) is 0. The molecule has 1 heterocycles. The van der Waals surface area contributed by atoms with Crippen LogP contribution < -0.4 is 0 Å². The van der Waals surface area contributed by atoms with Gasteiger partial charge in [-0.25, -0.2) is 4.79 Å². The zero-order valence-corrected chi connectivity index (χ0v) is 14.5. The third-order valence-electron chi connectivity index (χ3n) is 5.93. The first-order valence-corrected chi connectivity index (χ1v) is 8.75. The van der Waals surface area contributed by atoms with Crippen molar-refractivity contribution in [1.29, 1.82) is 0 Å². The smallest absolute Gasteiger partial charge is 0.334 e. The number of fused-ring (bicyclic) bond motifs is 1. The van der Waals surface area contributed by atoms with Crippen molar-refractivity contribution < 1.29 is 14.6 Å². The van der Waals surface area contributed by atoms with E-state index in [0.29, 0.717) is 18.8 Å². The number of hydrogen-bond donors (Lipinski definition) is 1. The maximum absolute atomic E-state index is 12.3. The second-order valence-electron chi connectivity index (χ2n) is 8.02. The third-order valence-corrected chi connectivity index (χ3v) is 5.93. The quantitative estimate of drug-likeness (QED) is 0.541. The van der Waals surface area contributed by atoms with Crippen LogP contribution in [0, 0.1) is 11.3 Å². The summed E-state index contributed by atoms with van der Waals surface area (Å²) in [6.45, 7) is 10.7. The monoisotopic (exact) mass is 316 g/mol. The van der Waals surface area contributed by atoms with Crippen LogP contribution in [0.1, 0.15) is 59.3 Å². The molecule has 0 saturated carbocycles. The van der Waals surface area contributed by atoms with Crippen LogP contribution >= 0.6 is 0 Å². The van der Waals surface area contributed by atoms with Gasteiger partial charge in [-0.2, -0.15) is 0 Å².